The number of benzene rings is 1. The number of carbonyl (C=O) groups excluding carboxylic acids is 1. The molecule has 0 bridgehead atoms. The molecule has 1 saturated carbocycles. The van der Waals surface area contributed by atoms with Gasteiger partial charge in [-0.25, -0.2) is 0 Å². The van der Waals surface area contributed by atoms with Crippen molar-refractivity contribution < 1.29 is 4.79 Å². The predicted octanol–water partition coefficient (Wildman–Crippen LogP) is 2.56. The van der Waals surface area contributed by atoms with Crippen LogP contribution in [0.4, 0.5) is 5.69 Å². The lowest BCUT2D eigenvalue weighted by Crippen LogP contribution is -2.48. The molecule has 0 unspecified atom stereocenters. The largest absolute Gasteiger partial charge is 0.376 e. The number of hydrogen-bond acceptors (Lipinski definition) is 3. The zero-order valence-electron chi connectivity index (χ0n) is 10.7. The summed E-state index contributed by atoms with van der Waals surface area (Å²) >= 11 is 5.86. The second kappa shape index (κ2) is 5.50. The van der Waals surface area contributed by atoms with Crippen LogP contribution in [0.2, 0.25) is 5.02 Å². The van der Waals surface area contributed by atoms with E-state index in [0.717, 1.165) is 18.5 Å². The summed E-state index contributed by atoms with van der Waals surface area (Å²) in [4.78, 5) is 11.9. The molecule has 0 radical (unpaired) electrons. The van der Waals surface area contributed by atoms with Gasteiger partial charge in [0.1, 0.15) is 5.54 Å². The molecule has 0 saturated heterocycles. The molecular weight excluding hydrogens is 262 g/mol. The first-order valence-electron chi connectivity index (χ1n) is 6.25. The molecule has 0 heterocycles. The van der Waals surface area contributed by atoms with Gasteiger partial charge in [0.15, 0.2) is 0 Å². The van der Waals surface area contributed by atoms with Crippen molar-refractivity contribution in [2.45, 2.75) is 25.3 Å². The molecule has 1 fully saturated rings. The Hall–Kier alpha value is -1.73. The topological polar surface area (TPSA) is 64.9 Å². The summed E-state index contributed by atoms with van der Waals surface area (Å²) in [5.41, 5.74) is 0.0420. The van der Waals surface area contributed by atoms with E-state index in [4.69, 9.17) is 16.9 Å². The van der Waals surface area contributed by atoms with E-state index >= 15 is 0 Å². The third-order valence-corrected chi connectivity index (χ3v) is 3.54. The number of hydrogen-bond donors (Lipinski definition) is 2. The molecule has 1 atom stereocenters. The second-order valence-corrected chi connectivity index (χ2v) is 5.44. The lowest BCUT2D eigenvalue weighted by molar-refractivity contribution is -0.120. The number of amides is 1. The van der Waals surface area contributed by atoms with Crippen molar-refractivity contribution >= 4 is 23.2 Å². The minimum absolute atomic E-state index is 0.129. The van der Waals surface area contributed by atoms with Crippen LogP contribution in [0.1, 0.15) is 19.8 Å². The van der Waals surface area contributed by atoms with Gasteiger partial charge in [0.05, 0.1) is 12.6 Å². The minimum Gasteiger partial charge on any atom is -0.376 e. The first-order chi connectivity index (χ1) is 9.03. The maximum atomic E-state index is 11.9. The number of rotatable bonds is 5. The van der Waals surface area contributed by atoms with Crippen LogP contribution >= 0.6 is 11.6 Å². The molecular formula is C14H16ClN3O. The van der Waals surface area contributed by atoms with E-state index in [1.54, 1.807) is 19.1 Å². The highest BCUT2D eigenvalue weighted by Gasteiger charge is 2.42. The van der Waals surface area contributed by atoms with Crippen molar-refractivity contribution in [2.75, 3.05) is 11.9 Å². The van der Waals surface area contributed by atoms with Gasteiger partial charge in [0.2, 0.25) is 5.91 Å². The third-order valence-electron chi connectivity index (χ3n) is 3.30. The van der Waals surface area contributed by atoms with Gasteiger partial charge >= 0.3 is 0 Å². The highest BCUT2D eigenvalue weighted by atomic mass is 35.5. The third kappa shape index (κ3) is 3.62. The monoisotopic (exact) mass is 277 g/mol. The fraction of sp³-hybridized carbons (Fsp3) is 0.429. The Morgan fingerprint density at radius 1 is 1.58 bits per heavy atom. The Morgan fingerprint density at radius 2 is 2.32 bits per heavy atom. The summed E-state index contributed by atoms with van der Waals surface area (Å²) in [6, 6.07) is 9.37. The Labute approximate surface area is 117 Å². The summed E-state index contributed by atoms with van der Waals surface area (Å²) in [6.07, 6.45) is 2.01. The summed E-state index contributed by atoms with van der Waals surface area (Å²) in [5, 5.41) is 15.6. The van der Waals surface area contributed by atoms with E-state index < -0.39 is 5.54 Å². The first-order valence-corrected chi connectivity index (χ1v) is 6.63. The predicted molar refractivity (Wildman–Crippen MR) is 74.8 cm³/mol. The standard InChI is InChI=1S/C14H16ClN3O/c1-14(9-16,10-5-6-10)18-13(19)8-17-12-4-2-3-11(15)7-12/h2-4,7,10,17H,5-6,8H2,1H3,(H,18,19)/t14-/m0/s1. The van der Waals surface area contributed by atoms with Gasteiger partial charge in [0, 0.05) is 10.7 Å². The van der Waals surface area contributed by atoms with E-state index in [1.165, 1.54) is 0 Å². The summed E-state index contributed by atoms with van der Waals surface area (Å²) in [5.74, 6) is 0.101. The number of halogens is 1. The van der Waals surface area contributed by atoms with Gasteiger partial charge < -0.3 is 10.6 Å². The summed E-state index contributed by atoms with van der Waals surface area (Å²) in [6.45, 7) is 1.91. The van der Waals surface area contributed by atoms with E-state index in [-0.39, 0.29) is 18.4 Å². The normalized spacial score (nSPS) is 17.1. The molecule has 0 aliphatic heterocycles. The average molecular weight is 278 g/mol. The highest BCUT2D eigenvalue weighted by Crippen LogP contribution is 2.39. The molecule has 1 aromatic carbocycles. The van der Waals surface area contributed by atoms with Crippen molar-refractivity contribution in [1.82, 2.24) is 5.32 Å². The number of nitrogens with one attached hydrogen (secondary N) is 2. The lowest BCUT2D eigenvalue weighted by Gasteiger charge is -2.23. The quantitative estimate of drug-likeness (QED) is 0.869. The van der Waals surface area contributed by atoms with Crippen LogP contribution in [-0.4, -0.2) is 18.0 Å². The summed E-state index contributed by atoms with van der Waals surface area (Å²) < 4.78 is 0. The number of carbonyl (C=O) groups is 1. The molecule has 2 rings (SSSR count). The van der Waals surface area contributed by atoms with Crippen LogP contribution in [0.5, 0.6) is 0 Å². The van der Waals surface area contributed by atoms with Crippen LogP contribution in [0.3, 0.4) is 0 Å². The molecule has 2 N–H and O–H groups in total. The fourth-order valence-electron chi connectivity index (χ4n) is 2.00. The Kier molecular flexibility index (Phi) is 3.96. The number of nitrogens with zero attached hydrogens (tertiary/aromatic N) is 1. The Bertz CT molecular complexity index is 522. The van der Waals surface area contributed by atoms with Crippen molar-refractivity contribution in [1.29, 1.82) is 5.26 Å². The molecule has 0 spiro atoms. The highest BCUT2D eigenvalue weighted by molar-refractivity contribution is 6.30. The van der Waals surface area contributed by atoms with Crippen LogP contribution in [-0.2, 0) is 4.79 Å². The van der Waals surface area contributed by atoms with Crippen molar-refractivity contribution in [3.63, 3.8) is 0 Å². The molecule has 1 amide bonds. The molecule has 1 aliphatic carbocycles. The average Bonchev–Trinajstić information content (AvgIpc) is 3.21. The Morgan fingerprint density at radius 3 is 2.89 bits per heavy atom. The molecule has 0 aromatic heterocycles. The van der Waals surface area contributed by atoms with E-state index in [9.17, 15) is 4.79 Å². The van der Waals surface area contributed by atoms with E-state index in [1.807, 2.05) is 12.1 Å². The second-order valence-electron chi connectivity index (χ2n) is 5.00. The smallest absolute Gasteiger partial charge is 0.240 e. The summed E-state index contributed by atoms with van der Waals surface area (Å²) in [7, 11) is 0. The van der Waals surface area contributed by atoms with Gasteiger partial charge in [0.25, 0.3) is 0 Å². The van der Waals surface area contributed by atoms with Crippen LogP contribution in [0, 0.1) is 17.2 Å². The number of anilines is 1. The van der Waals surface area contributed by atoms with Gasteiger partial charge in [-0.15, -0.1) is 0 Å². The van der Waals surface area contributed by atoms with Gasteiger partial charge in [-0.3, -0.25) is 4.79 Å². The van der Waals surface area contributed by atoms with E-state index in [2.05, 4.69) is 16.7 Å². The fourth-order valence-corrected chi connectivity index (χ4v) is 2.19. The molecule has 100 valence electrons. The van der Waals surface area contributed by atoms with Crippen LogP contribution in [0.15, 0.2) is 24.3 Å². The van der Waals surface area contributed by atoms with E-state index in [0.29, 0.717) is 5.02 Å². The number of nitriles is 1. The molecule has 1 aliphatic rings. The minimum atomic E-state index is -0.743. The first kappa shape index (κ1) is 13.7. The van der Waals surface area contributed by atoms with Crippen LogP contribution in [0.25, 0.3) is 0 Å². The van der Waals surface area contributed by atoms with Crippen molar-refractivity contribution in [3.8, 4) is 6.07 Å². The van der Waals surface area contributed by atoms with Gasteiger partial charge in [-0.2, -0.15) is 5.26 Å². The van der Waals surface area contributed by atoms with Gasteiger partial charge in [-0.05, 0) is 43.9 Å². The maximum absolute atomic E-state index is 11.9. The maximum Gasteiger partial charge on any atom is 0.240 e. The van der Waals surface area contributed by atoms with Crippen molar-refractivity contribution in [3.05, 3.63) is 29.3 Å². The van der Waals surface area contributed by atoms with Gasteiger partial charge in [-0.1, -0.05) is 17.7 Å². The molecule has 19 heavy (non-hydrogen) atoms. The van der Waals surface area contributed by atoms with Crippen molar-refractivity contribution in [2.24, 2.45) is 5.92 Å². The molecule has 4 nitrogen and oxygen atoms in total. The SMILES string of the molecule is C[C@@](C#N)(NC(=O)CNc1cccc(Cl)c1)C1CC1. The Balaban J connectivity index is 1.86. The zero-order chi connectivity index (χ0) is 13.9. The molecule has 1 aromatic rings. The molecule has 5 heteroatoms. The zero-order valence-corrected chi connectivity index (χ0v) is 11.5. The lowest BCUT2D eigenvalue weighted by atomic mass is 9.98. The van der Waals surface area contributed by atoms with Crippen LogP contribution < -0.4 is 10.6 Å².